The predicted octanol–water partition coefficient (Wildman–Crippen LogP) is 30.2. The monoisotopic (exact) mass is 1790 g/mol. The SMILES string of the molecule is c1ccc(-c2nc(-c3ccc(-c4ccnc5ccccc45)cc3)nc(-c3ccc(-c4ccnc5ccccc45)cc3)n2)cc1.c1ccc2c(-c3nc(-c4ccc(-c5ccnc6ccccc56)cc4)nc(-c4ccc(-c5ccnc6ccccc56)cc4)n3)cccc2c1.c1ccc2cc(-c3nc(-c4ccc(-c5ccnc6ccccc56)cc4)nc(-c4ccc(-c5ccnc6ccccc56)cc4)n3)ccc2c1. The number of para-hydroxylation sites is 6. The van der Waals surface area contributed by atoms with Crippen LogP contribution in [0, 0.1) is 0 Å². The van der Waals surface area contributed by atoms with Gasteiger partial charge in [0.2, 0.25) is 0 Å². The smallest absolute Gasteiger partial charge is 0.164 e. The van der Waals surface area contributed by atoms with E-state index in [1.807, 2.05) is 165 Å². The minimum absolute atomic E-state index is 0.623. The molecule has 26 rings (SSSR count). The van der Waals surface area contributed by atoms with E-state index in [2.05, 4.69) is 345 Å². The van der Waals surface area contributed by atoms with Gasteiger partial charge in [-0.1, -0.05) is 364 Å². The summed E-state index contributed by atoms with van der Waals surface area (Å²) < 4.78 is 0. The lowest BCUT2D eigenvalue weighted by atomic mass is 9.99. The van der Waals surface area contributed by atoms with Crippen molar-refractivity contribution in [3.05, 3.63) is 480 Å². The van der Waals surface area contributed by atoms with Crippen LogP contribution in [0.4, 0.5) is 0 Å². The summed E-state index contributed by atoms with van der Waals surface area (Å²) >= 11 is 0. The molecule has 0 aliphatic carbocycles. The third-order valence-electron chi connectivity index (χ3n) is 25.6. The Bertz CT molecular complexity index is 8700. The Morgan fingerprint density at radius 2 is 0.307 bits per heavy atom. The topological polar surface area (TPSA) is 193 Å². The zero-order chi connectivity index (χ0) is 93.0. The van der Waals surface area contributed by atoms with Gasteiger partial charge in [0.1, 0.15) is 0 Å². The van der Waals surface area contributed by atoms with Gasteiger partial charge in [-0.05, 0) is 167 Å². The first kappa shape index (κ1) is 83.8. The molecule has 0 aliphatic rings. The molecule has 0 bridgehead atoms. The van der Waals surface area contributed by atoms with Crippen LogP contribution >= 0.6 is 0 Å². The quantitative estimate of drug-likeness (QED) is 0.0940. The molecule has 26 aromatic rings. The molecular weight excluding hydrogens is 1710 g/mol. The Morgan fingerprint density at radius 1 is 0.107 bits per heavy atom. The van der Waals surface area contributed by atoms with E-state index >= 15 is 0 Å². The van der Waals surface area contributed by atoms with Gasteiger partial charge in [-0.25, -0.2) is 44.9 Å². The second-order valence-corrected chi connectivity index (χ2v) is 34.1. The van der Waals surface area contributed by atoms with Crippen molar-refractivity contribution in [3.8, 4) is 169 Å². The Kier molecular flexibility index (Phi) is 22.3. The van der Waals surface area contributed by atoms with Gasteiger partial charge >= 0.3 is 0 Å². The summed E-state index contributed by atoms with van der Waals surface area (Å²) in [4.78, 5) is 72.2. The summed E-state index contributed by atoms with van der Waals surface area (Å²) in [6.45, 7) is 0. The lowest BCUT2D eigenvalue weighted by Crippen LogP contribution is -2.00. The van der Waals surface area contributed by atoms with Gasteiger partial charge in [0, 0.05) is 120 Å². The molecule has 9 heterocycles. The van der Waals surface area contributed by atoms with Gasteiger partial charge in [0.25, 0.3) is 0 Å². The van der Waals surface area contributed by atoms with E-state index in [9.17, 15) is 0 Å². The fourth-order valence-corrected chi connectivity index (χ4v) is 18.5. The molecule has 0 N–H and O–H groups in total. The Balaban J connectivity index is 0.000000114. The molecule has 0 aliphatic heterocycles. The summed E-state index contributed by atoms with van der Waals surface area (Å²) in [6, 6.07) is 152. The van der Waals surface area contributed by atoms with E-state index in [0.29, 0.717) is 52.4 Å². The standard InChI is InChI=1S/2C43H27N5.C39H25N5/c1-2-10-33-28(8-1)9-7-13-38(33)43-47-41(31-20-16-29(17-21-31)34-24-26-44-39-14-5-3-11-36(34)39)46-42(48-43)32-22-18-30(19-23-32)35-25-27-45-40-15-6-4-12-37(35)40;1-2-8-33-27-34(22-13-28(33)7-1)43-47-41(31-18-14-29(15-19-31)35-23-25-44-39-11-5-3-9-37(35)39)46-42(48-43)32-20-16-30(17-21-32)36-24-26-45-40-12-6-4-10-38(36)40;1-2-8-28(9-3-1)37-42-38(29-18-14-26(15-19-29)31-22-24-40-35-12-6-4-10-33(31)35)44-39(43-37)30-20-16-27(17-21-30)32-23-25-41-36-13-7-5-11-34(32)36/h2*1-27H;1-25H. The van der Waals surface area contributed by atoms with Crippen LogP contribution in [0.5, 0.6) is 0 Å². The average Bonchev–Trinajstić information content (AvgIpc) is 0.787. The van der Waals surface area contributed by atoms with Crippen LogP contribution in [0.25, 0.3) is 256 Å². The molecule has 0 unspecified atom stereocenters. The van der Waals surface area contributed by atoms with Crippen molar-refractivity contribution in [1.82, 2.24) is 74.8 Å². The molecular formula is C125H79N15. The number of fused-ring (bicyclic) bond motifs is 8. The molecule has 654 valence electrons. The van der Waals surface area contributed by atoms with E-state index in [1.54, 1.807) is 0 Å². The average molecular weight is 1790 g/mol. The number of hydrogen-bond donors (Lipinski definition) is 0. The highest BCUT2D eigenvalue weighted by Crippen LogP contribution is 2.40. The number of hydrogen-bond acceptors (Lipinski definition) is 15. The number of pyridine rings is 6. The molecule has 0 saturated carbocycles. The normalized spacial score (nSPS) is 11.3. The molecule has 140 heavy (non-hydrogen) atoms. The van der Waals surface area contributed by atoms with Crippen molar-refractivity contribution in [2.24, 2.45) is 0 Å². The van der Waals surface area contributed by atoms with Gasteiger partial charge in [0.05, 0.1) is 33.1 Å². The van der Waals surface area contributed by atoms with Crippen LogP contribution in [0.15, 0.2) is 480 Å². The van der Waals surface area contributed by atoms with Crippen LogP contribution in [0.1, 0.15) is 0 Å². The predicted molar refractivity (Wildman–Crippen MR) is 568 cm³/mol. The van der Waals surface area contributed by atoms with Gasteiger partial charge in [-0.15, -0.1) is 0 Å². The van der Waals surface area contributed by atoms with Crippen LogP contribution in [0.3, 0.4) is 0 Å². The van der Waals surface area contributed by atoms with Crippen molar-refractivity contribution >= 4 is 87.0 Å². The van der Waals surface area contributed by atoms with Crippen molar-refractivity contribution in [2.45, 2.75) is 0 Å². The van der Waals surface area contributed by atoms with Gasteiger partial charge in [-0.3, -0.25) is 29.9 Å². The first-order valence-electron chi connectivity index (χ1n) is 46.3. The van der Waals surface area contributed by atoms with Crippen LogP contribution < -0.4 is 0 Å². The molecule has 17 aromatic carbocycles. The lowest BCUT2D eigenvalue weighted by Gasteiger charge is -2.12. The van der Waals surface area contributed by atoms with E-state index in [0.717, 1.165) is 198 Å². The maximum atomic E-state index is 5.06. The summed E-state index contributed by atoms with van der Waals surface area (Å²) in [6.07, 6.45) is 11.2. The van der Waals surface area contributed by atoms with Crippen molar-refractivity contribution in [1.29, 1.82) is 0 Å². The fourth-order valence-electron chi connectivity index (χ4n) is 18.5. The summed E-state index contributed by atoms with van der Waals surface area (Å²) in [5, 5.41) is 11.3. The number of rotatable bonds is 15. The number of aromatic nitrogens is 15. The highest BCUT2D eigenvalue weighted by atomic mass is 15.1. The molecule has 15 heteroatoms. The minimum atomic E-state index is 0.623. The third-order valence-corrected chi connectivity index (χ3v) is 25.6. The maximum absolute atomic E-state index is 5.06. The molecule has 0 radical (unpaired) electrons. The third kappa shape index (κ3) is 16.9. The minimum Gasteiger partial charge on any atom is -0.256 e. The molecule has 0 spiro atoms. The van der Waals surface area contributed by atoms with Gasteiger partial charge in [0.15, 0.2) is 52.4 Å². The molecule has 0 atom stereocenters. The first-order valence-corrected chi connectivity index (χ1v) is 46.3. The largest absolute Gasteiger partial charge is 0.256 e. The van der Waals surface area contributed by atoms with Crippen molar-refractivity contribution in [2.75, 3.05) is 0 Å². The van der Waals surface area contributed by atoms with Crippen LogP contribution in [-0.4, -0.2) is 74.8 Å². The molecule has 15 nitrogen and oxygen atoms in total. The second kappa shape index (κ2) is 37.3. The first-order chi connectivity index (χ1) is 69.3. The van der Waals surface area contributed by atoms with Gasteiger partial charge in [-0.2, -0.15) is 0 Å². The fraction of sp³-hybridized carbons (Fsp3) is 0. The molecule has 0 fully saturated rings. The summed E-state index contributed by atoms with van der Waals surface area (Å²) in [5.74, 6) is 5.66. The summed E-state index contributed by atoms with van der Waals surface area (Å²) in [7, 11) is 0. The Morgan fingerprint density at radius 3 is 0.593 bits per heavy atom. The van der Waals surface area contributed by atoms with Crippen LogP contribution in [-0.2, 0) is 0 Å². The van der Waals surface area contributed by atoms with Gasteiger partial charge < -0.3 is 0 Å². The lowest BCUT2D eigenvalue weighted by molar-refractivity contribution is 1.07. The second-order valence-electron chi connectivity index (χ2n) is 34.1. The van der Waals surface area contributed by atoms with Crippen molar-refractivity contribution < 1.29 is 0 Å². The van der Waals surface area contributed by atoms with E-state index in [4.69, 9.17) is 44.9 Å². The van der Waals surface area contributed by atoms with E-state index in [1.165, 1.54) is 5.39 Å². The Labute approximate surface area is 805 Å². The highest BCUT2D eigenvalue weighted by molar-refractivity contribution is 6.02. The summed E-state index contributed by atoms with van der Waals surface area (Å²) in [5.41, 5.74) is 27.8. The maximum Gasteiger partial charge on any atom is 0.164 e. The molecule has 0 amide bonds. The van der Waals surface area contributed by atoms with E-state index in [-0.39, 0.29) is 0 Å². The van der Waals surface area contributed by atoms with Crippen molar-refractivity contribution in [3.63, 3.8) is 0 Å². The number of benzene rings is 17. The highest BCUT2D eigenvalue weighted by Gasteiger charge is 2.22. The Hall–Kier alpha value is -19.3. The molecule has 9 aromatic heterocycles. The number of nitrogens with zero attached hydrogens (tertiary/aromatic N) is 15. The van der Waals surface area contributed by atoms with E-state index < -0.39 is 0 Å². The molecule has 0 saturated heterocycles. The van der Waals surface area contributed by atoms with Crippen LogP contribution in [0.2, 0.25) is 0 Å². The zero-order valence-electron chi connectivity index (χ0n) is 75.3. The zero-order valence-corrected chi connectivity index (χ0v) is 75.3.